The van der Waals surface area contributed by atoms with Gasteiger partial charge in [0.15, 0.2) is 16.3 Å². The van der Waals surface area contributed by atoms with Gasteiger partial charge in [-0.2, -0.15) is 0 Å². The standard InChI is InChI=1S/C30H25BrN2O4S/c1-35-23-14-17(15-24(36-2)28(23)37-3)16-25-29(34)33-27(19-8-11-20(31)12-9-19)22-13-10-18-6-4-5-7-21(18)26(22)32-30(33)38-25/h4-9,11-12,14-16,27H,10,13H2,1-3H3. The zero-order valence-corrected chi connectivity index (χ0v) is 23.6. The normalized spacial score (nSPS) is 16.3. The van der Waals surface area contributed by atoms with Crippen LogP contribution >= 0.6 is 27.3 Å². The third kappa shape index (κ3) is 4.08. The maximum atomic E-state index is 14.0. The zero-order chi connectivity index (χ0) is 26.4. The number of aryl methyl sites for hydroxylation is 1. The Labute approximate surface area is 232 Å². The molecule has 0 saturated carbocycles. The van der Waals surface area contributed by atoms with E-state index in [4.69, 9.17) is 19.2 Å². The first-order valence-electron chi connectivity index (χ1n) is 12.2. The number of thiazole rings is 1. The Bertz CT molecular complexity index is 1740. The van der Waals surface area contributed by atoms with Crippen LogP contribution in [0.25, 0.3) is 11.8 Å². The van der Waals surface area contributed by atoms with E-state index in [2.05, 4.69) is 52.3 Å². The summed E-state index contributed by atoms with van der Waals surface area (Å²) in [7, 11) is 4.73. The van der Waals surface area contributed by atoms with Gasteiger partial charge in [0.25, 0.3) is 5.56 Å². The van der Waals surface area contributed by atoms with Crippen molar-refractivity contribution in [2.75, 3.05) is 21.3 Å². The maximum Gasteiger partial charge on any atom is 0.271 e. The van der Waals surface area contributed by atoms with Gasteiger partial charge >= 0.3 is 0 Å². The molecular weight excluding hydrogens is 564 g/mol. The average molecular weight is 590 g/mol. The SMILES string of the molecule is COc1cc(C=c2sc3n(c2=O)C(c2ccc(Br)cc2)C2=C(N=3)c3ccccc3CC2)cc(OC)c1OC. The fourth-order valence-corrected chi connectivity index (χ4v) is 6.57. The summed E-state index contributed by atoms with van der Waals surface area (Å²) in [5.74, 6) is 1.58. The summed E-state index contributed by atoms with van der Waals surface area (Å²) in [6.45, 7) is 0. The minimum absolute atomic E-state index is 0.0687. The summed E-state index contributed by atoms with van der Waals surface area (Å²) < 4.78 is 19.9. The van der Waals surface area contributed by atoms with Crippen molar-refractivity contribution in [3.05, 3.63) is 113 Å². The first-order chi connectivity index (χ1) is 18.5. The predicted molar refractivity (Wildman–Crippen MR) is 153 cm³/mol. The van der Waals surface area contributed by atoms with Crippen molar-refractivity contribution in [1.82, 2.24) is 4.57 Å². The topological polar surface area (TPSA) is 62.1 Å². The Morgan fingerprint density at radius 3 is 2.37 bits per heavy atom. The Kier molecular flexibility index (Phi) is 6.45. The highest BCUT2D eigenvalue weighted by molar-refractivity contribution is 9.10. The van der Waals surface area contributed by atoms with Crippen LogP contribution in [0.15, 0.2) is 80.5 Å². The van der Waals surface area contributed by atoms with Crippen molar-refractivity contribution in [2.45, 2.75) is 18.9 Å². The van der Waals surface area contributed by atoms with Crippen molar-refractivity contribution in [3.8, 4) is 17.2 Å². The number of fused-ring (bicyclic) bond motifs is 3. The van der Waals surface area contributed by atoms with Crippen molar-refractivity contribution in [3.63, 3.8) is 0 Å². The minimum atomic E-state index is -0.218. The van der Waals surface area contributed by atoms with E-state index in [0.717, 1.165) is 39.7 Å². The average Bonchev–Trinajstić information content (AvgIpc) is 3.25. The summed E-state index contributed by atoms with van der Waals surface area (Å²) in [5, 5.41) is 0. The summed E-state index contributed by atoms with van der Waals surface area (Å²) >= 11 is 4.95. The molecule has 4 aromatic rings. The molecule has 1 atom stereocenters. The molecule has 0 N–H and O–H groups in total. The quantitative estimate of drug-likeness (QED) is 0.325. The monoisotopic (exact) mass is 588 g/mol. The second-order valence-electron chi connectivity index (χ2n) is 9.12. The number of rotatable bonds is 5. The summed E-state index contributed by atoms with van der Waals surface area (Å²) in [6.07, 6.45) is 3.64. The molecule has 0 spiro atoms. The maximum absolute atomic E-state index is 14.0. The number of allylic oxidation sites excluding steroid dienone is 1. The van der Waals surface area contributed by atoms with E-state index >= 15 is 0 Å². The minimum Gasteiger partial charge on any atom is -0.493 e. The van der Waals surface area contributed by atoms with E-state index in [9.17, 15) is 4.79 Å². The van der Waals surface area contributed by atoms with Crippen LogP contribution in [0.5, 0.6) is 17.2 Å². The van der Waals surface area contributed by atoms with Crippen LogP contribution in [-0.2, 0) is 6.42 Å². The first kappa shape index (κ1) is 24.7. The molecule has 6 nitrogen and oxygen atoms in total. The van der Waals surface area contributed by atoms with E-state index in [0.29, 0.717) is 26.6 Å². The smallest absolute Gasteiger partial charge is 0.271 e. The molecule has 6 rings (SSSR count). The lowest BCUT2D eigenvalue weighted by molar-refractivity contribution is 0.324. The van der Waals surface area contributed by atoms with Crippen LogP contribution in [0.1, 0.15) is 34.7 Å². The van der Waals surface area contributed by atoms with Gasteiger partial charge in [-0.25, -0.2) is 4.99 Å². The number of methoxy groups -OCH3 is 3. The van der Waals surface area contributed by atoms with Gasteiger partial charge in [0.2, 0.25) is 5.75 Å². The van der Waals surface area contributed by atoms with Gasteiger partial charge in [-0.3, -0.25) is 9.36 Å². The van der Waals surface area contributed by atoms with Crippen LogP contribution in [0.4, 0.5) is 0 Å². The van der Waals surface area contributed by atoms with E-state index in [1.54, 1.807) is 21.3 Å². The molecule has 3 aromatic carbocycles. The number of hydrogen-bond donors (Lipinski definition) is 0. The molecule has 2 aliphatic rings. The molecule has 0 bridgehead atoms. The Morgan fingerprint density at radius 2 is 1.68 bits per heavy atom. The molecule has 192 valence electrons. The molecular formula is C30H25BrN2O4S. The van der Waals surface area contributed by atoms with Crippen LogP contribution in [0.3, 0.4) is 0 Å². The van der Waals surface area contributed by atoms with Crippen molar-refractivity contribution in [1.29, 1.82) is 0 Å². The highest BCUT2D eigenvalue weighted by Gasteiger charge is 2.32. The molecule has 0 saturated heterocycles. The molecule has 8 heteroatoms. The highest BCUT2D eigenvalue weighted by Crippen LogP contribution is 2.41. The molecule has 1 unspecified atom stereocenters. The lowest BCUT2D eigenvalue weighted by Crippen LogP contribution is -2.38. The third-order valence-corrected chi connectivity index (χ3v) is 8.56. The Morgan fingerprint density at radius 1 is 0.974 bits per heavy atom. The summed E-state index contributed by atoms with van der Waals surface area (Å²) in [4.78, 5) is 19.8. The Hall–Kier alpha value is -3.62. The summed E-state index contributed by atoms with van der Waals surface area (Å²) in [6, 6.07) is 20.1. The van der Waals surface area contributed by atoms with E-state index in [1.807, 2.05) is 34.9 Å². The number of ether oxygens (including phenoxy) is 3. The van der Waals surface area contributed by atoms with Gasteiger partial charge in [0, 0.05) is 10.0 Å². The Balaban J connectivity index is 1.59. The van der Waals surface area contributed by atoms with Crippen LogP contribution in [0, 0.1) is 0 Å². The van der Waals surface area contributed by atoms with E-state index in [1.165, 1.54) is 22.5 Å². The molecule has 2 heterocycles. The van der Waals surface area contributed by atoms with Gasteiger partial charge in [-0.1, -0.05) is 63.7 Å². The number of benzene rings is 3. The van der Waals surface area contributed by atoms with Crippen molar-refractivity contribution in [2.24, 2.45) is 4.99 Å². The van der Waals surface area contributed by atoms with Gasteiger partial charge < -0.3 is 14.2 Å². The number of aromatic nitrogens is 1. The fourth-order valence-electron chi connectivity index (χ4n) is 5.30. The van der Waals surface area contributed by atoms with Gasteiger partial charge in [-0.05, 0) is 65.4 Å². The third-order valence-electron chi connectivity index (χ3n) is 7.04. The number of halogens is 1. The molecule has 38 heavy (non-hydrogen) atoms. The van der Waals surface area contributed by atoms with Gasteiger partial charge in [-0.15, -0.1) is 0 Å². The fraction of sp³-hybridized carbons (Fsp3) is 0.200. The number of hydrogen-bond acceptors (Lipinski definition) is 6. The van der Waals surface area contributed by atoms with Crippen molar-refractivity contribution < 1.29 is 14.2 Å². The van der Waals surface area contributed by atoms with E-state index < -0.39 is 0 Å². The van der Waals surface area contributed by atoms with Crippen molar-refractivity contribution >= 4 is 39.0 Å². The zero-order valence-electron chi connectivity index (χ0n) is 21.2. The molecule has 0 fully saturated rings. The molecule has 1 aliphatic carbocycles. The number of nitrogens with zero attached hydrogens (tertiary/aromatic N) is 2. The van der Waals surface area contributed by atoms with Gasteiger partial charge in [0.05, 0.1) is 37.6 Å². The molecule has 0 amide bonds. The van der Waals surface area contributed by atoms with Crippen LogP contribution < -0.4 is 29.1 Å². The van der Waals surface area contributed by atoms with Crippen LogP contribution in [-0.4, -0.2) is 25.9 Å². The second-order valence-corrected chi connectivity index (χ2v) is 11.0. The predicted octanol–water partition coefficient (Wildman–Crippen LogP) is 5.11. The highest BCUT2D eigenvalue weighted by atomic mass is 79.9. The largest absolute Gasteiger partial charge is 0.493 e. The lowest BCUT2D eigenvalue weighted by atomic mass is 9.83. The lowest BCUT2D eigenvalue weighted by Gasteiger charge is -2.30. The van der Waals surface area contributed by atoms with Gasteiger partial charge in [0.1, 0.15) is 0 Å². The summed E-state index contributed by atoms with van der Waals surface area (Å²) in [5.41, 5.74) is 6.38. The second kappa shape index (κ2) is 9.93. The molecule has 1 aromatic heterocycles. The van der Waals surface area contributed by atoms with E-state index in [-0.39, 0.29) is 11.6 Å². The van der Waals surface area contributed by atoms with Crippen LogP contribution in [0.2, 0.25) is 0 Å². The molecule has 1 aliphatic heterocycles. The first-order valence-corrected chi connectivity index (χ1v) is 13.8. The molecule has 0 radical (unpaired) electrons.